The molecule has 1 aromatic heterocycles. The lowest BCUT2D eigenvalue weighted by Crippen LogP contribution is -2.49. The number of fused-ring (bicyclic) bond motifs is 1. The zero-order valence-corrected chi connectivity index (χ0v) is 19.8. The fraction of sp³-hybridized carbons (Fsp3) is 0.346. The van der Waals surface area contributed by atoms with Crippen LogP contribution in [0.25, 0.3) is 21.9 Å². The van der Waals surface area contributed by atoms with Crippen LogP contribution >= 0.6 is 11.6 Å². The molecule has 0 N–H and O–H groups in total. The highest BCUT2D eigenvalue weighted by Crippen LogP contribution is 2.32. The third-order valence-corrected chi connectivity index (χ3v) is 6.69. The molecule has 0 spiro atoms. The molecule has 2 atom stereocenters. The topological polar surface area (TPSA) is 68.6 Å². The molecule has 1 aliphatic heterocycles. The number of nitrogens with zero attached hydrogens (tertiary/aromatic N) is 2. The van der Waals surface area contributed by atoms with E-state index in [0.717, 1.165) is 24.8 Å². The number of benzene rings is 2. The minimum atomic E-state index is -0.712. The summed E-state index contributed by atoms with van der Waals surface area (Å²) in [4.78, 5) is 41.0. The standard InChI is InChI=1S/C26H27ClN2O4/c1-16-7-6-8-17(2)29(16)22(30)15-33-26(32)24-23(18-11-13-19(27)14-12-18)20-9-4-5-10-21(20)25(31)28(24)3/h4-5,9-14,16-17H,6-8,15H2,1-3H3/t16-,17-/m1/s1. The number of rotatable bonds is 4. The molecule has 3 aromatic rings. The van der Waals surface area contributed by atoms with E-state index in [1.54, 1.807) is 54.4 Å². The van der Waals surface area contributed by atoms with Gasteiger partial charge in [-0.15, -0.1) is 0 Å². The van der Waals surface area contributed by atoms with Gasteiger partial charge in [-0.3, -0.25) is 9.59 Å². The van der Waals surface area contributed by atoms with Gasteiger partial charge in [0, 0.05) is 35.1 Å². The van der Waals surface area contributed by atoms with Crippen LogP contribution in [0.1, 0.15) is 43.6 Å². The monoisotopic (exact) mass is 466 g/mol. The summed E-state index contributed by atoms with van der Waals surface area (Å²) < 4.78 is 6.79. The van der Waals surface area contributed by atoms with Crippen molar-refractivity contribution in [2.24, 2.45) is 7.05 Å². The SMILES string of the molecule is C[C@@H]1CCC[C@@H](C)N1C(=O)COC(=O)c1c(-c2ccc(Cl)cc2)c2ccccc2c(=O)n1C. The van der Waals surface area contributed by atoms with E-state index in [4.69, 9.17) is 16.3 Å². The molecule has 0 bridgehead atoms. The van der Waals surface area contributed by atoms with E-state index in [1.807, 2.05) is 19.9 Å². The van der Waals surface area contributed by atoms with Crippen molar-refractivity contribution in [1.29, 1.82) is 0 Å². The molecule has 2 heterocycles. The molecule has 0 radical (unpaired) electrons. The normalized spacial score (nSPS) is 18.4. The van der Waals surface area contributed by atoms with Crippen LogP contribution in [0.3, 0.4) is 0 Å². The van der Waals surface area contributed by atoms with Crippen molar-refractivity contribution in [1.82, 2.24) is 9.47 Å². The highest BCUT2D eigenvalue weighted by atomic mass is 35.5. The van der Waals surface area contributed by atoms with Crippen LogP contribution in [0.2, 0.25) is 5.02 Å². The second kappa shape index (κ2) is 9.40. The number of piperidine rings is 1. The van der Waals surface area contributed by atoms with E-state index in [-0.39, 0.29) is 35.9 Å². The van der Waals surface area contributed by atoms with Crippen LogP contribution < -0.4 is 5.56 Å². The predicted octanol–water partition coefficient (Wildman–Crippen LogP) is 4.81. The molecule has 172 valence electrons. The molecule has 1 amide bonds. The summed E-state index contributed by atoms with van der Waals surface area (Å²) in [7, 11) is 1.54. The summed E-state index contributed by atoms with van der Waals surface area (Å²) in [5, 5.41) is 1.69. The second-order valence-electron chi connectivity index (χ2n) is 8.65. The number of carbonyl (C=O) groups is 2. The van der Waals surface area contributed by atoms with E-state index >= 15 is 0 Å². The van der Waals surface area contributed by atoms with Gasteiger partial charge in [-0.05, 0) is 62.3 Å². The Bertz CT molecular complexity index is 1260. The summed E-state index contributed by atoms with van der Waals surface area (Å²) in [6, 6.07) is 14.4. The number of carbonyl (C=O) groups excluding carboxylic acids is 2. The van der Waals surface area contributed by atoms with E-state index in [0.29, 0.717) is 21.4 Å². The highest BCUT2D eigenvalue weighted by Gasteiger charge is 2.30. The summed E-state index contributed by atoms with van der Waals surface area (Å²) in [6.45, 7) is 3.66. The first-order chi connectivity index (χ1) is 15.8. The highest BCUT2D eigenvalue weighted by molar-refractivity contribution is 6.30. The van der Waals surface area contributed by atoms with Gasteiger partial charge in [0.1, 0.15) is 5.69 Å². The second-order valence-corrected chi connectivity index (χ2v) is 9.08. The Morgan fingerprint density at radius 1 is 1.00 bits per heavy atom. The summed E-state index contributed by atoms with van der Waals surface area (Å²) in [6.07, 6.45) is 2.95. The predicted molar refractivity (Wildman–Crippen MR) is 130 cm³/mol. The first-order valence-electron chi connectivity index (χ1n) is 11.2. The molecule has 1 aliphatic rings. The van der Waals surface area contributed by atoms with Crippen LogP contribution in [0.4, 0.5) is 0 Å². The molecule has 6 nitrogen and oxygen atoms in total. The molecule has 33 heavy (non-hydrogen) atoms. The van der Waals surface area contributed by atoms with Crippen molar-refractivity contribution < 1.29 is 14.3 Å². The Kier molecular flexibility index (Phi) is 6.56. The Hall–Kier alpha value is -3.12. The van der Waals surface area contributed by atoms with E-state index in [2.05, 4.69) is 0 Å². The molecule has 2 aromatic carbocycles. The maximum absolute atomic E-state index is 13.3. The van der Waals surface area contributed by atoms with Crippen LogP contribution in [0.5, 0.6) is 0 Å². The molecule has 1 fully saturated rings. The molecule has 4 rings (SSSR count). The first kappa shape index (κ1) is 23.1. The van der Waals surface area contributed by atoms with Crippen molar-refractivity contribution in [3.8, 4) is 11.1 Å². The number of hydrogen-bond acceptors (Lipinski definition) is 4. The van der Waals surface area contributed by atoms with Crippen molar-refractivity contribution in [2.45, 2.75) is 45.2 Å². The molecular formula is C26H27ClN2O4. The minimum absolute atomic E-state index is 0.105. The third kappa shape index (κ3) is 4.40. The van der Waals surface area contributed by atoms with Gasteiger partial charge in [0.05, 0.1) is 0 Å². The van der Waals surface area contributed by atoms with Crippen LogP contribution in [0, 0.1) is 0 Å². The number of halogens is 1. The fourth-order valence-electron chi connectivity index (χ4n) is 4.80. The molecule has 0 unspecified atom stereocenters. The Morgan fingerprint density at radius 3 is 2.24 bits per heavy atom. The zero-order valence-electron chi connectivity index (χ0n) is 19.0. The Morgan fingerprint density at radius 2 is 1.61 bits per heavy atom. The maximum atomic E-state index is 13.3. The fourth-order valence-corrected chi connectivity index (χ4v) is 4.92. The van der Waals surface area contributed by atoms with Crippen molar-refractivity contribution in [3.63, 3.8) is 0 Å². The molecule has 7 heteroatoms. The summed E-state index contributed by atoms with van der Waals surface area (Å²) in [5.74, 6) is -0.933. The van der Waals surface area contributed by atoms with Crippen LogP contribution in [-0.2, 0) is 16.6 Å². The van der Waals surface area contributed by atoms with Gasteiger partial charge in [-0.2, -0.15) is 0 Å². The van der Waals surface area contributed by atoms with Crippen LogP contribution in [0.15, 0.2) is 53.3 Å². The third-order valence-electron chi connectivity index (χ3n) is 6.44. The maximum Gasteiger partial charge on any atom is 0.356 e. The van der Waals surface area contributed by atoms with Gasteiger partial charge in [0.25, 0.3) is 11.5 Å². The number of aromatic nitrogens is 1. The van der Waals surface area contributed by atoms with Gasteiger partial charge in [-0.25, -0.2) is 4.79 Å². The first-order valence-corrected chi connectivity index (χ1v) is 11.5. The molecular weight excluding hydrogens is 440 g/mol. The lowest BCUT2D eigenvalue weighted by Gasteiger charge is -2.38. The van der Waals surface area contributed by atoms with Gasteiger partial charge < -0.3 is 14.2 Å². The van der Waals surface area contributed by atoms with E-state index < -0.39 is 5.97 Å². The number of ether oxygens (including phenoxy) is 1. The number of hydrogen-bond donors (Lipinski definition) is 0. The van der Waals surface area contributed by atoms with Gasteiger partial charge in [-0.1, -0.05) is 41.9 Å². The van der Waals surface area contributed by atoms with Gasteiger partial charge >= 0.3 is 5.97 Å². The molecule has 0 saturated carbocycles. The van der Waals surface area contributed by atoms with Gasteiger partial charge in [0.2, 0.25) is 0 Å². The van der Waals surface area contributed by atoms with Crippen molar-refractivity contribution in [2.75, 3.05) is 6.61 Å². The molecule has 0 aliphatic carbocycles. The number of amides is 1. The lowest BCUT2D eigenvalue weighted by molar-refractivity contribution is -0.140. The summed E-state index contributed by atoms with van der Waals surface area (Å²) in [5.41, 5.74) is 1.10. The van der Waals surface area contributed by atoms with Crippen molar-refractivity contribution in [3.05, 3.63) is 69.6 Å². The lowest BCUT2D eigenvalue weighted by atomic mass is 9.96. The van der Waals surface area contributed by atoms with Gasteiger partial charge in [0.15, 0.2) is 6.61 Å². The molecule has 1 saturated heterocycles. The van der Waals surface area contributed by atoms with E-state index in [1.165, 1.54) is 4.57 Å². The number of likely N-dealkylation sites (tertiary alicyclic amines) is 1. The van der Waals surface area contributed by atoms with Crippen LogP contribution in [-0.4, -0.2) is 40.0 Å². The number of pyridine rings is 1. The van der Waals surface area contributed by atoms with Crippen molar-refractivity contribution >= 4 is 34.2 Å². The zero-order chi connectivity index (χ0) is 23.7. The van der Waals surface area contributed by atoms with E-state index in [9.17, 15) is 14.4 Å². The summed E-state index contributed by atoms with van der Waals surface area (Å²) >= 11 is 6.07. The minimum Gasteiger partial charge on any atom is -0.451 e. The Balaban J connectivity index is 1.73. The smallest absolute Gasteiger partial charge is 0.356 e. The Labute approximate surface area is 197 Å². The average Bonchev–Trinajstić information content (AvgIpc) is 2.80. The quantitative estimate of drug-likeness (QED) is 0.518. The largest absolute Gasteiger partial charge is 0.451 e. The average molecular weight is 467 g/mol. The number of esters is 1.